The summed E-state index contributed by atoms with van der Waals surface area (Å²) in [5.74, 6) is 0. The van der Waals surface area contributed by atoms with E-state index in [9.17, 15) is 0 Å². The summed E-state index contributed by atoms with van der Waals surface area (Å²) < 4.78 is -0.0485. The van der Waals surface area contributed by atoms with Crippen molar-refractivity contribution in [3.05, 3.63) is 10.8 Å². The van der Waals surface area contributed by atoms with E-state index in [1.165, 1.54) is 4.68 Å². The maximum Gasteiger partial charge on any atom is 0.235 e. The zero-order chi connectivity index (χ0) is 10.8. The molecule has 0 aliphatic rings. The predicted octanol–water partition coefficient (Wildman–Crippen LogP) is 3.56. The molecule has 0 aliphatic heterocycles. The van der Waals surface area contributed by atoms with Crippen LogP contribution in [0.5, 0.6) is 0 Å². The minimum atomic E-state index is -1.58. The minimum absolute atomic E-state index is 0.140. The highest BCUT2D eigenvalue weighted by molar-refractivity contribution is 6.67. The highest BCUT2D eigenvalue weighted by Gasteiger charge is 2.31. The molecule has 0 saturated carbocycles. The zero-order valence-corrected chi connectivity index (χ0v) is 10.5. The van der Waals surface area contributed by atoms with Crippen LogP contribution in [0.15, 0.2) is 0 Å². The van der Waals surface area contributed by atoms with Crippen LogP contribution in [0.4, 0.5) is 0 Å². The fraction of sp³-hybridized carbons (Fsp3) is 0.714. The van der Waals surface area contributed by atoms with Crippen LogP contribution in [0.3, 0.4) is 0 Å². The van der Waals surface area contributed by atoms with Gasteiger partial charge in [-0.1, -0.05) is 65.0 Å². The van der Waals surface area contributed by atoms with Gasteiger partial charge in [-0.2, -0.15) is 0 Å². The van der Waals surface area contributed by atoms with E-state index in [2.05, 4.69) is 17.2 Å². The summed E-state index contributed by atoms with van der Waals surface area (Å²) in [6, 6.07) is 0. The number of unbranched alkanes of at least 4 members (excludes halogenated alkanes) is 1. The maximum atomic E-state index is 5.76. The molecule has 7 heteroatoms. The fourth-order valence-corrected chi connectivity index (χ4v) is 2.00. The molecule has 0 bridgehead atoms. The second-order valence-electron chi connectivity index (χ2n) is 2.80. The van der Waals surface area contributed by atoms with Crippen molar-refractivity contribution in [2.75, 3.05) is 0 Å². The Morgan fingerprint density at radius 2 is 2.00 bits per heavy atom. The number of aromatic nitrogens is 3. The first-order chi connectivity index (χ1) is 6.46. The lowest BCUT2D eigenvalue weighted by Crippen LogP contribution is -2.12. The van der Waals surface area contributed by atoms with Crippen molar-refractivity contribution in [3.63, 3.8) is 0 Å². The molecular formula is C7H9Cl4N3. The molecule has 80 valence electrons. The van der Waals surface area contributed by atoms with Gasteiger partial charge in [0.2, 0.25) is 3.79 Å². The van der Waals surface area contributed by atoms with E-state index in [0.29, 0.717) is 12.2 Å². The lowest BCUT2D eigenvalue weighted by Gasteiger charge is -2.12. The van der Waals surface area contributed by atoms with Crippen molar-refractivity contribution in [1.29, 1.82) is 0 Å². The topological polar surface area (TPSA) is 30.7 Å². The number of aryl methyl sites for hydroxylation is 1. The average Bonchev–Trinajstić information content (AvgIpc) is 2.42. The van der Waals surface area contributed by atoms with Gasteiger partial charge in [-0.25, -0.2) is 4.68 Å². The average molecular weight is 277 g/mol. The normalized spacial score (nSPS) is 12.1. The Kier molecular flexibility index (Phi) is 4.31. The van der Waals surface area contributed by atoms with Crippen LogP contribution in [-0.4, -0.2) is 15.0 Å². The third-order valence-electron chi connectivity index (χ3n) is 1.69. The standard InChI is InChI=1S/C7H9Cl4N3/c1-2-3-4-14-5(7(9,10)11)6(8)12-13-14/h2-4H2,1H3. The smallest absolute Gasteiger partial charge is 0.235 e. The molecule has 0 atom stereocenters. The third-order valence-corrected chi connectivity index (χ3v) is 2.48. The van der Waals surface area contributed by atoms with Gasteiger partial charge in [0, 0.05) is 6.54 Å². The molecule has 0 aromatic carbocycles. The van der Waals surface area contributed by atoms with E-state index >= 15 is 0 Å². The Morgan fingerprint density at radius 1 is 1.36 bits per heavy atom. The maximum absolute atomic E-state index is 5.76. The van der Waals surface area contributed by atoms with Crippen molar-refractivity contribution in [2.45, 2.75) is 30.1 Å². The number of alkyl halides is 3. The second kappa shape index (κ2) is 4.88. The Bertz CT molecular complexity index is 304. The minimum Gasteiger partial charge on any atom is -0.243 e. The molecule has 0 saturated heterocycles. The van der Waals surface area contributed by atoms with Crippen LogP contribution in [0.25, 0.3) is 0 Å². The van der Waals surface area contributed by atoms with Crippen LogP contribution in [0.2, 0.25) is 5.15 Å². The summed E-state index contributed by atoms with van der Waals surface area (Å²) in [5, 5.41) is 7.60. The third kappa shape index (κ3) is 2.89. The van der Waals surface area contributed by atoms with E-state index in [-0.39, 0.29) is 5.15 Å². The van der Waals surface area contributed by atoms with Gasteiger partial charge < -0.3 is 0 Å². The van der Waals surface area contributed by atoms with E-state index in [0.717, 1.165) is 12.8 Å². The van der Waals surface area contributed by atoms with Gasteiger partial charge >= 0.3 is 0 Å². The van der Waals surface area contributed by atoms with Crippen LogP contribution in [0, 0.1) is 0 Å². The Morgan fingerprint density at radius 3 is 2.50 bits per heavy atom. The second-order valence-corrected chi connectivity index (χ2v) is 5.44. The first kappa shape index (κ1) is 12.4. The highest BCUT2D eigenvalue weighted by Crippen LogP contribution is 2.40. The molecule has 0 N–H and O–H groups in total. The van der Waals surface area contributed by atoms with Crippen molar-refractivity contribution in [3.8, 4) is 0 Å². The lowest BCUT2D eigenvalue weighted by molar-refractivity contribution is 0.535. The molecule has 0 aliphatic carbocycles. The summed E-state index contributed by atoms with van der Waals surface area (Å²) in [6.07, 6.45) is 1.96. The number of halogens is 4. The van der Waals surface area contributed by atoms with Crippen LogP contribution in [-0.2, 0) is 10.3 Å². The number of rotatable bonds is 3. The van der Waals surface area contributed by atoms with Gasteiger partial charge in [0.1, 0.15) is 5.69 Å². The van der Waals surface area contributed by atoms with Gasteiger partial charge in [0.15, 0.2) is 5.15 Å². The lowest BCUT2D eigenvalue weighted by atomic mass is 10.3. The van der Waals surface area contributed by atoms with E-state index < -0.39 is 3.79 Å². The predicted molar refractivity (Wildman–Crippen MR) is 59.2 cm³/mol. The largest absolute Gasteiger partial charge is 0.243 e. The fourth-order valence-electron chi connectivity index (χ4n) is 1.02. The SMILES string of the molecule is CCCCn1nnc(Cl)c1C(Cl)(Cl)Cl. The summed E-state index contributed by atoms with van der Waals surface area (Å²) in [4.78, 5) is 0. The summed E-state index contributed by atoms with van der Waals surface area (Å²) in [7, 11) is 0. The number of hydrogen-bond acceptors (Lipinski definition) is 2. The summed E-state index contributed by atoms with van der Waals surface area (Å²) >= 11 is 23.0. The molecule has 0 fully saturated rings. The Balaban J connectivity index is 2.95. The Hall–Kier alpha value is 0.300. The van der Waals surface area contributed by atoms with Gasteiger partial charge in [-0.15, -0.1) is 5.10 Å². The Labute approximate surface area is 102 Å². The van der Waals surface area contributed by atoms with Crippen molar-refractivity contribution >= 4 is 46.4 Å². The molecule has 1 rings (SSSR count). The van der Waals surface area contributed by atoms with Gasteiger partial charge in [0.25, 0.3) is 0 Å². The molecule has 0 radical (unpaired) electrons. The summed E-state index contributed by atoms with van der Waals surface area (Å²) in [5.41, 5.74) is 0.331. The zero-order valence-electron chi connectivity index (χ0n) is 7.47. The van der Waals surface area contributed by atoms with Gasteiger partial charge in [-0.3, -0.25) is 0 Å². The van der Waals surface area contributed by atoms with Crippen molar-refractivity contribution in [1.82, 2.24) is 15.0 Å². The first-order valence-corrected chi connectivity index (χ1v) is 5.64. The molecule has 1 aromatic heterocycles. The van der Waals surface area contributed by atoms with E-state index in [1.54, 1.807) is 0 Å². The quantitative estimate of drug-likeness (QED) is 0.791. The van der Waals surface area contributed by atoms with Gasteiger partial charge in [0.05, 0.1) is 0 Å². The van der Waals surface area contributed by atoms with Gasteiger partial charge in [-0.05, 0) is 6.42 Å². The number of hydrogen-bond donors (Lipinski definition) is 0. The van der Waals surface area contributed by atoms with Crippen molar-refractivity contribution < 1.29 is 0 Å². The van der Waals surface area contributed by atoms with Crippen molar-refractivity contribution in [2.24, 2.45) is 0 Å². The van der Waals surface area contributed by atoms with Crippen LogP contribution >= 0.6 is 46.4 Å². The van der Waals surface area contributed by atoms with Crippen LogP contribution < -0.4 is 0 Å². The molecule has 1 heterocycles. The first-order valence-electron chi connectivity index (χ1n) is 4.13. The van der Waals surface area contributed by atoms with Crippen LogP contribution in [0.1, 0.15) is 25.5 Å². The number of nitrogens with zero attached hydrogens (tertiary/aromatic N) is 3. The molecular weight excluding hydrogens is 268 g/mol. The molecule has 3 nitrogen and oxygen atoms in total. The van der Waals surface area contributed by atoms with E-state index in [1.807, 2.05) is 0 Å². The van der Waals surface area contributed by atoms with E-state index in [4.69, 9.17) is 46.4 Å². The molecule has 14 heavy (non-hydrogen) atoms. The summed E-state index contributed by atoms with van der Waals surface area (Å²) in [6.45, 7) is 2.72. The molecule has 0 unspecified atom stereocenters. The molecule has 0 amide bonds. The monoisotopic (exact) mass is 275 g/mol. The highest BCUT2D eigenvalue weighted by atomic mass is 35.6. The molecule has 0 spiro atoms. The molecule has 1 aromatic rings.